The van der Waals surface area contributed by atoms with Gasteiger partial charge in [0, 0.05) is 12.8 Å². The summed E-state index contributed by atoms with van der Waals surface area (Å²) in [7, 11) is 1.50. The van der Waals surface area contributed by atoms with Crippen LogP contribution in [0.15, 0.2) is 48.6 Å². The van der Waals surface area contributed by atoms with Crippen LogP contribution in [0.5, 0.6) is 0 Å². The zero-order chi connectivity index (χ0) is 56.4. The Labute approximate surface area is 478 Å². The van der Waals surface area contributed by atoms with Crippen LogP contribution < -0.4 is 5.32 Å². The van der Waals surface area contributed by atoms with Crippen LogP contribution in [0.4, 0.5) is 0 Å². The number of phosphoric acid groups is 1. The minimum absolute atomic E-state index is 0.0398. The molecule has 0 saturated carbocycles. The van der Waals surface area contributed by atoms with E-state index >= 15 is 0 Å². The van der Waals surface area contributed by atoms with Crippen molar-refractivity contribution in [3.05, 3.63) is 48.6 Å². The Bertz CT molecular complexity index is 1460. The van der Waals surface area contributed by atoms with Crippen LogP contribution in [0.1, 0.15) is 316 Å². The highest BCUT2D eigenvalue weighted by atomic mass is 31.2. The van der Waals surface area contributed by atoms with Gasteiger partial charge in [0.25, 0.3) is 0 Å². The Balaban J connectivity index is 5.22. The molecule has 3 unspecified atom stereocenters. The molecule has 452 valence electrons. The van der Waals surface area contributed by atoms with Gasteiger partial charge in [0.1, 0.15) is 19.3 Å². The van der Waals surface area contributed by atoms with E-state index in [4.69, 9.17) is 13.8 Å². The number of esters is 1. The Hall–Kier alpha value is -2.03. The first-order chi connectivity index (χ1) is 37.4. The van der Waals surface area contributed by atoms with Crippen molar-refractivity contribution in [2.24, 2.45) is 0 Å². The molecular weight excluding hydrogens is 976 g/mol. The average Bonchev–Trinajstić information content (AvgIpc) is 3.39. The molecule has 2 N–H and O–H groups in total. The maximum absolute atomic E-state index is 13.6. The lowest BCUT2D eigenvalue weighted by Gasteiger charge is -2.27. The number of amides is 1. The summed E-state index contributed by atoms with van der Waals surface area (Å²) in [6.45, 7) is 7.02. The van der Waals surface area contributed by atoms with Gasteiger partial charge < -0.3 is 19.4 Å². The van der Waals surface area contributed by atoms with Crippen molar-refractivity contribution >= 4 is 19.7 Å². The number of carbonyl (C=O) groups is 2. The Morgan fingerprint density at radius 1 is 0.455 bits per heavy atom. The number of rotatable bonds is 60. The summed E-state index contributed by atoms with van der Waals surface area (Å²) in [5.74, 6) is -0.501. The van der Waals surface area contributed by atoms with Crippen LogP contribution in [-0.4, -0.2) is 74.3 Å². The van der Waals surface area contributed by atoms with Crippen LogP contribution in [0.3, 0.4) is 0 Å². The van der Waals surface area contributed by atoms with Gasteiger partial charge in [-0.25, -0.2) is 4.57 Å². The summed E-state index contributed by atoms with van der Waals surface area (Å²) in [6, 6.07) is -0.850. The Morgan fingerprint density at radius 2 is 0.792 bits per heavy atom. The number of phosphoric ester groups is 1. The Kier molecular flexibility index (Phi) is 55.7. The van der Waals surface area contributed by atoms with E-state index in [-0.39, 0.29) is 31.5 Å². The highest BCUT2D eigenvalue weighted by Crippen LogP contribution is 2.43. The quantitative estimate of drug-likeness (QED) is 0.0205. The number of quaternary nitrogens is 1. The van der Waals surface area contributed by atoms with Crippen molar-refractivity contribution in [1.29, 1.82) is 0 Å². The molecule has 0 aromatic rings. The molecule has 0 rings (SSSR count). The fourth-order valence-electron chi connectivity index (χ4n) is 9.61. The molecular formula is C67H128N2O7P+. The molecule has 0 aliphatic carbocycles. The first-order valence-corrected chi connectivity index (χ1v) is 34.5. The van der Waals surface area contributed by atoms with Crippen molar-refractivity contribution in [3.8, 4) is 0 Å². The van der Waals surface area contributed by atoms with E-state index in [1.54, 1.807) is 0 Å². The molecule has 0 saturated heterocycles. The van der Waals surface area contributed by atoms with Crippen LogP contribution in [0.25, 0.3) is 0 Å². The van der Waals surface area contributed by atoms with E-state index in [0.29, 0.717) is 17.4 Å². The standard InChI is InChI=1S/C67H127N2O7P/c1-7-10-13-16-19-22-25-28-30-32-34-36-38-41-44-47-50-53-56-59-66(70)68-64(63-75-77(72,73)74-62-61-69(4,5)6)65(58-55-52-49-46-43-40-27-24-21-18-15-12-9-3)76-67(71)60-57-54-51-48-45-42-39-37-35-33-31-29-26-23-20-17-14-11-8-2/h20,23,28-31,55,58,64-65H,7-19,21-22,24-27,32-54,56-57,59-63H2,1-6H3,(H-,68,70,72,73)/p+1/b23-20-,30-28+,31-29-,58-55+. The fourth-order valence-corrected chi connectivity index (χ4v) is 10.3. The predicted molar refractivity (Wildman–Crippen MR) is 332 cm³/mol. The SMILES string of the molecule is CCCCC/C=C\C/C=C\CCCCCCCCCCCC(=O)OC(/C=C/CCCCCCCCCCCCC)C(COP(=O)(O)OCC[N+](C)(C)C)NC(=O)CCCCCCCCCCC/C=C/CCCCCCCC. The zero-order valence-corrected chi connectivity index (χ0v) is 52.6. The molecule has 0 aromatic carbocycles. The largest absolute Gasteiger partial charge is 0.472 e. The highest BCUT2D eigenvalue weighted by Gasteiger charge is 2.30. The molecule has 77 heavy (non-hydrogen) atoms. The summed E-state index contributed by atoms with van der Waals surface area (Å²) in [6.07, 6.45) is 71.0. The minimum Gasteiger partial charge on any atom is -0.456 e. The van der Waals surface area contributed by atoms with Crippen molar-refractivity contribution in [1.82, 2.24) is 5.32 Å². The maximum Gasteiger partial charge on any atom is 0.472 e. The predicted octanol–water partition coefficient (Wildman–Crippen LogP) is 20.5. The third-order valence-electron chi connectivity index (χ3n) is 14.7. The van der Waals surface area contributed by atoms with Crippen LogP contribution >= 0.6 is 7.82 Å². The van der Waals surface area contributed by atoms with E-state index in [2.05, 4.69) is 62.5 Å². The Morgan fingerprint density at radius 3 is 1.21 bits per heavy atom. The van der Waals surface area contributed by atoms with Gasteiger partial charge in [-0.3, -0.25) is 18.6 Å². The summed E-state index contributed by atoms with van der Waals surface area (Å²) < 4.78 is 30.8. The second kappa shape index (κ2) is 57.2. The number of hydrogen-bond donors (Lipinski definition) is 2. The van der Waals surface area contributed by atoms with Gasteiger partial charge >= 0.3 is 13.8 Å². The third kappa shape index (κ3) is 58.4. The van der Waals surface area contributed by atoms with Gasteiger partial charge in [0.15, 0.2) is 0 Å². The number of nitrogens with zero attached hydrogens (tertiary/aromatic N) is 1. The number of likely N-dealkylation sites (N-methyl/N-ethyl adjacent to an activating group) is 1. The maximum atomic E-state index is 13.6. The summed E-state index contributed by atoms with van der Waals surface area (Å²) in [5, 5.41) is 3.07. The first kappa shape index (κ1) is 75.0. The average molecular weight is 1100 g/mol. The van der Waals surface area contributed by atoms with Gasteiger partial charge in [-0.2, -0.15) is 0 Å². The molecule has 3 atom stereocenters. The lowest BCUT2D eigenvalue weighted by atomic mass is 10.0. The van der Waals surface area contributed by atoms with Crippen molar-refractivity contribution in [2.45, 2.75) is 328 Å². The normalized spacial score (nSPS) is 13.9. The lowest BCUT2D eigenvalue weighted by molar-refractivity contribution is -0.870. The number of ether oxygens (including phenoxy) is 1. The number of allylic oxidation sites excluding steroid dienone is 7. The summed E-state index contributed by atoms with van der Waals surface area (Å²) >= 11 is 0. The monoisotopic (exact) mass is 1100 g/mol. The topological polar surface area (TPSA) is 111 Å². The fraction of sp³-hybridized carbons (Fsp3) is 0.851. The molecule has 0 radical (unpaired) electrons. The number of unbranched alkanes of at least 4 members (excludes halogenated alkanes) is 38. The van der Waals surface area contributed by atoms with Crippen LogP contribution in [-0.2, 0) is 27.9 Å². The van der Waals surface area contributed by atoms with Gasteiger partial charge in [-0.05, 0) is 89.5 Å². The van der Waals surface area contributed by atoms with Crippen molar-refractivity contribution in [3.63, 3.8) is 0 Å². The lowest BCUT2D eigenvalue weighted by Crippen LogP contribution is -2.47. The molecule has 9 nitrogen and oxygen atoms in total. The van der Waals surface area contributed by atoms with Gasteiger partial charge in [-0.1, -0.05) is 262 Å². The van der Waals surface area contributed by atoms with E-state index < -0.39 is 20.0 Å². The molecule has 0 heterocycles. The second-order valence-electron chi connectivity index (χ2n) is 23.6. The zero-order valence-electron chi connectivity index (χ0n) is 51.7. The van der Waals surface area contributed by atoms with E-state index in [1.807, 2.05) is 33.3 Å². The minimum atomic E-state index is -4.45. The second-order valence-corrected chi connectivity index (χ2v) is 25.1. The molecule has 10 heteroatoms. The molecule has 1 amide bonds. The smallest absolute Gasteiger partial charge is 0.456 e. The highest BCUT2D eigenvalue weighted by molar-refractivity contribution is 7.47. The molecule has 0 spiro atoms. The summed E-state index contributed by atoms with van der Waals surface area (Å²) in [4.78, 5) is 37.8. The van der Waals surface area contributed by atoms with E-state index in [1.165, 1.54) is 218 Å². The first-order valence-electron chi connectivity index (χ1n) is 33.0. The van der Waals surface area contributed by atoms with Crippen molar-refractivity contribution < 1.29 is 37.3 Å². The number of hydrogen-bond acceptors (Lipinski definition) is 6. The van der Waals surface area contributed by atoms with Gasteiger partial charge in [-0.15, -0.1) is 0 Å². The van der Waals surface area contributed by atoms with Crippen LogP contribution in [0.2, 0.25) is 0 Å². The number of nitrogens with one attached hydrogen (secondary N) is 1. The molecule has 0 bridgehead atoms. The van der Waals surface area contributed by atoms with Gasteiger partial charge in [0.05, 0.1) is 33.8 Å². The van der Waals surface area contributed by atoms with Crippen LogP contribution in [0, 0.1) is 0 Å². The van der Waals surface area contributed by atoms with E-state index in [0.717, 1.165) is 64.2 Å². The number of carbonyl (C=O) groups excluding carboxylic acids is 2. The summed E-state index contributed by atoms with van der Waals surface area (Å²) in [5.41, 5.74) is 0. The third-order valence-corrected chi connectivity index (χ3v) is 15.7. The van der Waals surface area contributed by atoms with Gasteiger partial charge in [0.2, 0.25) is 5.91 Å². The molecule has 0 aliphatic heterocycles. The molecule has 0 aliphatic rings. The molecule has 0 aromatic heterocycles. The van der Waals surface area contributed by atoms with E-state index in [9.17, 15) is 19.0 Å². The van der Waals surface area contributed by atoms with Crippen molar-refractivity contribution in [2.75, 3.05) is 40.9 Å². The molecule has 0 fully saturated rings.